The molecule has 0 saturated carbocycles. The molecule has 7 nitrogen and oxygen atoms in total. The number of benzene rings is 1. The number of nitrogens with one attached hydrogen (secondary N) is 2. The standard InChI is InChI=1S/C19H18ClF3N6O/c20-14-3-11(19(21,22)23)4-15(30)17(14)28-7-12(8-28)27-18-16-13(10-5-24-6-10)1-2-29(16)26-9-25-18/h1-4,9-10,12,24,30H,5-8H2,(H,25,26,27). The Balaban J connectivity index is 1.33. The molecule has 1 aromatic carbocycles. The number of phenolic OH excluding ortho intramolecular Hbond substituents is 1. The van der Waals surface area contributed by atoms with Gasteiger partial charge in [0.25, 0.3) is 0 Å². The number of fused-ring (bicyclic) bond motifs is 1. The molecule has 2 aromatic heterocycles. The van der Waals surface area contributed by atoms with Crippen molar-refractivity contribution in [2.24, 2.45) is 0 Å². The summed E-state index contributed by atoms with van der Waals surface area (Å²) in [6.07, 6.45) is -1.18. The lowest BCUT2D eigenvalue weighted by Crippen LogP contribution is -2.55. The van der Waals surface area contributed by atoms with Crippen LogP contribution in [0.1, 0.15) is 17.0 Å². The van der Waals surface area contributed by atoms with Crippen molar-refractivity contribution in [1.82, 2.24) is 19.9 Å². The van der Waals surface area contributed by atoms with Crippen LogP contribution in [-0.2, 0) is 6.18 Å². The third-order valence-corrected chi connectivity index (χ3v) is 5.90. The Morgan fingerprint density at radius 1 is 1.23 bits per heavy atom. The molecule has 2 aliphatic heterocycles. The Morgan fingerprint density at radius 2 is 2.00 bits per heavy atom. The molecule has 0 spiro atoms. The van der Waals surface area contributed by atoms with Crippen LogP contribution in [0.2, 0.25) is 5.02 Å². The van der Waals surface area contributed by atoms with Crippen LogP contribution >= 0.6 is 11.6 Å². The number of anilines is 2. The van der Waals surface area contributed by atoms with Gasteiger partial charge in [-0.25, -0.2) is 9.50 Å². The maximum atomic E-state index is 12.9. The van der Waals surface area contributed by atoms with Gasteiger partial charge in [-0.1, -0.05) is 11.6 Å². The minimum absolute atomic E-state index is 0.00345. The summed E-state index contributed by atoms with van der Waals surface area (Å²) in [6.45, 7) is 2.76. The predicted octanol–water partition coefficient (Wildman–Crippen LogP) is 3.09. The molecule has 11 heteroatoms. The van der Waals surface area contributed by atoms with Crippen LogP contribution in [0.4, 0.5) is 24.7 Å². The van der Waals surface area contributed by atoms with E-state index in [4.69, 9.17) is 11.6 Å². The number of halogens is 4. The molecule has 4 heterocycles. The van der Waals surface area contributed by atoms with E-state index in [1.165, 1.54) is 11.9 Å². The van der Waals surface area contributed by atoms with Gasteiger partial charge in [-0.2, -0.15) is 18.3 Å². The number of hydrogen-bond acceptors (Lipinski definition) is 6. The van der Waals surface area contributed by atoms with Crippen molar-refractivity contribution in [3.8, 4) is 5.75 Å². The van der Waals surface area contributed by atoms with E-state index >= 15 is 0 Å². The molecule has 0 amide bonds. The van der Waals surface area contributed by atoms with Crippen LogP contribution < -0.4 is 15.5 Å². The SMILES string of the molecule is Oc1cc(C(F)(F)F)cc(Cl)c1N1CC(Nc2ncnn3ccc(C4CNC4)c23)C1. The second-order valence-electron chi connectivity index (χ2n) is 7.60. The van der Waals surface area contributed by atoms with Gasteiger partial charge in [0, 0.05) is 38.3 Å². The van der Waals surface area contributed by atoms with Gasteiger partial charge < -0.3 is 20.6 Å². The van der Waals surface area contributed by atoms with E-state index in [0.29, 0.717) is 30.9 Å². The van der Waals surface area contributed by atoms with Crippen molar-refractivity contribution >= 4 is 28.6 Å². The fourth-order valence-corrected chi connectivity index (χ4v) is 4.26. The zero-order chi connectivity index (χ0) is 21.0. The first-order valence-electron chi connectivity index (χ1n) is 9.45. The molecule has 158 valence electrons. The van der Waals surface area contributed by atoms with Crippen LogP contribution in [0.25, 0.3) is 5.52 Å². The van der Waals surface area contributed by atoms with E-state index in [1.807, 2.05) is 12.3 Å². The van der Waals surface area contributed by atoms with Gasteiger partial charge in [0.1, 0.15) is 17.6 Å². The third kappa shape index (κ3) is 3.20. The number of aromatic nitrogens is 3. The number of rotatable bonds is 4. The minimum atomic E-state index is -4.57. The lowest BCUT2D eigenvalue weighted by Gasteiger charge is -2.42. The quantitative estimate of drug-likeness (QED) is 0.581. The monoisotopic (exact) mass is 438 g/mol. The average Bonchev–Trinajstić information content (AvgIpc) is 3.01. The van der Waals surface area contributed by atoms with E-state index < -0.39 is 17.5 Å². The average molecular weight is 439 g/mol. The molecule has 2 saturated heterocycles. The van der Waals surface area contributed by atoms with Crippen molar-refractivity contribution < 1.29 is 18.3 Å². The summed E-state index contributed by atoms with van der Waals surface area (Å²) >= 11 is 6.05. The first-order chi connectivity index (χ1) is 14.3. The Morgan fingerprint density at radius 3 is 2.63 bits per heavy atom. The third-order valence-electron chi connectivity index (χ3n) is 5.62. The van der Waals surface area contributed by atoms with Crippen LogP contribution in [0.3, 0.4) is 0 Å². The molecule has 0 bridgehead atoms. The van der Waals surface area contributed by atoms with Crippen molar-refractivity contribution in [2.75, 3.05) is 36.4 Å². The summed E-state index contributed by atoms with van der Waals surface area (Å²) < 4.78 is 40.5. The van der Waals surface area contributed by atoms with Crippen LogP contribution in [0.15, 0.2) is 30.7 Å². The second-order valence-corrected chi connectivity index (χ2v) is 8.01. The largest absolute Gasteiger partial charge is 0.506 e. The van der Waals surface area contributed by atoms with Gasteiger partial charge in [-0.3, -0.25) is 0 Å². The van der Waals surface area contributed by atoms with Gasteiger partial charge in [0.2, 0.25) is 0 Å². The Bertz CT molecular complexity index is 1080. The molecule has 0 unspecified atom stereocenters. The summed E-state index contributed by atoms with van der Waals surface area (Å²) in [5, 5.41) is 20.9. The lowest BCUT2D eigenvalue weighted by molar-refractivity contribution is -0.137. The highest BCUT2D eigenvalue weighted by Gasteiger charge is 2.36. The molecule has 2 fully saturated rings. The highest BCUT2D eigenvalue weighted by atomic mass is 35.5. The van der Waals surface area contributed by atoms with Crippen molar-refractivity contribution in [3.63, 3.8) is 0 Å². The number of hydrogen-bond donors (Lipinski definition) is 3. The molecular weight excluding hydrogens is 421 g/mol. The van der Waals surface area contributed by atoms with Gasteiger partial charge in [-0.15, -0.1) is 0 Å². The predicted molar refractivity (Wildman–Crippen MR) is 106 cm³/mol. The molecule has 5 rings (SSSR count). The van der Waals surface area contributed by atoms with Crippen LogP contribution in [-0.4, -0.2) is 51.9 Å². The fourth-order valence-electron chi connectivity index (χ4n) is 3.93. The zero-order valence-electron chi connectivity index (χ0n) is 15.6. The van der Waals surface area contributed by atoms with E-state index in [-0.39, 0.29) is 16.8 Å². The topological polar surface area (TPSA) is 77.7 Å². The maximum Gasteiger partial charge on any atom is 0.416 e. The van der Waals surface area contributed by atoms with Crippen LogP contribution in [0.5, 0.6) is 5.75 Å². The smallest absolute Gasteiger partial charge is 0.416 e. The number of aromatic hydroxyl groups is 1. The first kappa shape index (κ1) is 19.3. The Labute approximate surface area is 174 Å². The van der Waals surface area contributed by atoms with Crippen molar-refractivity contribution in [1.29, 1.82) is 0 Å². The molecule has 30 heavy (non-hydrogen) atoms. The Kier molecular flexibility index (Phi) is 4.44. The van der Waals surface area contributed by atoms with Gasteiger partial charge in [0.15, 0.2) is 5.82 Å². The molecular formula is C19H18ClF3N6O. The summed E-state index contributed by atoms with van der Waals surface area (Å²) in [6, 6.07) is 3.59. The fraction of sp³-hybridized carbons (Fsp3) is 0.368. The lowest BCUT2D eigenvalue weighted by atomic mass is 9.94. The Hall–Kier alpha value is -2.72. The highest BCUT2D eigenvalue weighted by Crippen LogP contribution is 2.43. The molecule has 0 radical (unpaired) electrons. The zero-order valence-corrected chi connectivity index (χ0v) is 16.4. The molecule has 0 aliphatic carbocycles. The number of nitrogens with zero attached hydrogens (tertiary/aromatic N) is 4. The highest BCUT2D eigenvalue weighted by molar-refractivity contribution is 6.33. The summed E-state index contributed by atoms with van der Waals surface area (Å²) in [4.78, 5) is 6.13. The molecule has 3 aromatic rings. The molecule has 2 aliphatic rings. The van der Waals surface area contributed by atoms with Crippen molar-refractivity contribution in [2.45, 2.75) is 18.1 Å². The van der Waals surface area contributed by atoms with E-state index in [9.17, 15) is 18.3 Å². The van der Waals surface area contributed by atoms with Gasteiger partial charge >= 0.3 is 6.18 Å². The summed E-state index contributed by atoms with van der Waals surface area (Å²) in [5.74, 6) is 0.649. The number of phenols is 1. The van der Waals surface area contributed by atoms with E-state index in [2.05, 4.69) is 20.7 Å². The number of alkyl halides is 3. The van der Waals surface area contributed by atoms with Gasteiger partial charge in [0.05, 0.1) is 22.3 Å². The van der Waals surface area contributed by atoms with Gasteiger partial charge in [-0.05, 0) is 23.8 Å². The molecule has 0 atom stereocenters. The maximum absolute atomic E-state index is 12.9. The minimum Gasteiger partial charge on any atom is -0.506 e. The molecule has 3 N–H and O–H groups in total. The second kappa shape index (κ2) is 6.92. The summed E-state index contributed by atoms with van der Waals surface area (Å²) in [5.41, 5.74) is 1.34. The van der Waals surface area contributed by atoms with E-state index in [0.717, 1.165) is 24.7 Å². The first-order valence-corrected chi connectivity index (χ1v) is 9.83. The normalized spacial score (nSPS) is 17.8. The van der Waals surface area contributed by atoms with Crippen molar-refractivity contribution in [3.05, 3.63) is 46.9 Å². The van der Waals surface area contributed by atoms with Crippen LogP contribution in [0, 0.1) is 0 Å². The van der Waals surface area contributed by atoms with E-state index in [1.54, 1.807) is 9.42 Å². The summed E-state index contributed by atoms with van der Waals surface area (Å²) in [7, 11) is 0.